The molecule has 11 heteroatoms. The first kappa shape index (κ1) is 21.9. The van der Waals surface area contributed by atoms with Crippen molar-refractivity contribution in [3.8, 4) is 11.5 Å². The summed E-state index contributed by atoms with van der Waals surface area (Å²) < 4.78 is 98.4. The van der Waals surface area contributed by atoms with Crippen molar-refractivity contribution in [3.63, 3.8) is 0 Å². The lowest BCUT2D eigenvalue weighted by atomic mass is 9.99. The number of aliphatic hydroxyl groups excluding tert-OH is 1. The zero-order valence-corrected chi connectivity index (χ0v) is 14.9. The molecule has 2 aromatic carbocycles. The molecule has 0 bridgehead atoms. The average molecular weight is 438 g/mol. The fourth-order valence-corrected chi connectivity index (χ4v) is 2.71. The molecule has 0 saturated heterocycles. The number of hydrogen-bond acceptors (Lipinski definition) is 4. The minimum atomic E-state index is -4.91. The Morgan fingerprint density at radius 2 is 1.50 bits per heavy atom. The molecule has 1 N–H and O–H groups in total. The molecule has 1 aliphatic heterocycles. The van der Waals surface area contributed by atoms with Crippen LogP contribution in [0.15, 0.2) is 42.5 Å². The highest BCUT2D eigenvalue weighted by atomic mass is 19.4. The van der Waals surface area contributed by atoms with Crippen molar-refractivity contribution < 1.29 is 50.1 Å². The molecule has 0 saturated carbocycles. The molecule has 0 radical (unpaired) electrons. The Labute approximate surface area is 164 Å². The van der Waals surface area contributed by atoms with Crippen LogP contribution < -0.4 is 9.47 Å². The highest BCUT2D eigenvalue weighted by molar-refractivity contribution is 5.96. The van der Waals surface area contributed by atoms with Crippen molar-refractivity contribution in [1.82, 2.24) is 0 Å². The van der Waals surface area contributed by atoms with Gasteiger partial charge in [-0.05, 0) is 36.2 Å². The normalized spacial score (nSPS) is 18.0. The van der Waals surface area contributed by atoms with Gasteiger partial charge in [0.25, 0.3) is 0 Å². The van der Waals surface area contributed by atoms with E-state index in [1.54, 1.807) is 0 Å². The van der Waals surface area contributed by atoms with Gasteiger partial charge in [0.15, 0.2) is 17.3 Å². The molecule has 3 rings (SSSR count). The van der Waals surface area contributed by atoms with E-state index in [1.807, 2.05) is 0 Å². The van der Waals surface area contributed by atoms with E-state index in [9.17, 15) is 40.6 Å². The first-order valence-corrected chi connectivity index (χ1v) is 8.46. The van der Waals surface area contributed by atoms with E-state index < -0.39 is 47.3 Å². The number of aliphatic hydroxyl groups is 1. The molecular weight excluding hydrogens is 425 g/mol. The number of carbonyl (C=O) groups is 1. The molecule has 1 heterocycles. The van der Waals surface area contributed by atoms with Gasteiger partial charge in [-0.15, -0.1) is 0 Å². The van der Waals surface area contributed by atoms with Crippen LogP contribution in [0.25, 0.3) is 0 Å². The number of ether oxygens (including phenoxy) is 2. The second-order valence-electron chi connectivity index (χ2n) is 6.50. The second-order valence-corrected chi connectivity index (χ2v) is 6.50. The summed E-state index contributed by atoms with van der Waals surface area (Å²) in [6, 6.07) is 6.43. The summed E-state index contributed by atoms with van der Waals surface area (Å²) in [7, 11) is 0. The Morgan fingerprint density at radius 1 is 0.933 bits per heavy atom. The van der Waals surface area contributed by atoms with Crippen LogP contribution in [0.5, 0.6) is 11.5 Å². The molecule has 162 valence electrons. The van der Waals surface area contributed by atoms with Gasteiger partial charge in [0, 0.05) is 12.0 Å². The Hall–Kier alpha value is -2.82. The van der Waals surface area contributed by atoms with Crippen LogP contribution in [0, 0.1) is 0 Å². The molecule has 0 aliphatic carbocycles. The van der Waals surface area contributed by atoms with Crippen molar-refractivity contribution in [2.24, 2.45) is 0 Å². The fourth-order valence-electron chi connectivity index (χ4n) is 2.71. The monoisotopic (exact) mass is 438 g/mol. The van der Waals surface area contributed by atoms with Crippen molar-refractivity contribution in [1.29, 1.82) is 0 Å². The molecule has 0 aromatic heterocycles. The predicted octanol–water partition coefficient (Wildman–Crippen LogP) is 5.36. The van der Waals surface area contributed by atoms with Crippen molar-refractivity contribution in [2.45, 2.75) is 37.3 Å². The Balaban J connectivity index is 1.66. The Bertz CT molecular complexity index is 939. The molecule has 0 fully saturated rings. The first-order chi connectivity index (χ1) is 13.8. The molecule has 2 aromatic rings. The van der Waals surface area contributed by atoms with E-state index in [1.165, 1.54) is 0 Å². The number of ketones is 1. The summed E-state index contributed by atoms with van der Waals surface area (Å²) >= 11 is 0. The van der Waals surface area contributed by atoms with Crippen LogP contribution >= 0.6 is 0 Å². The van der Waals surface area contributed by atoms with Crippen molar-refractivity contribution >= 4 is 5.78 Å². The SMILES string of the molecule is O=C(CCC(O)c1ccc2c(c1)OC(F)(F)C(F)(F)O2)c1ccc(C(F)(F)F)cc1. The van der Waals surface area contributed by atoms with Crippen LogP contribution in [0.2, 0.25) is 0 Å². The molecule has 30 heavy (non-hydrogen) atoms. The summed E-state index contributed by atoms with van der Waals surface area (Å²) in [5.41, 5.74) is -0.921. The number of benzene rings is 2. The largest absolute Gasteiger partial charge is 0.507 e. The zero-order valence-electron chi connectivity index (χ0n) is 14.9. The van der Waals surface area contributed by atoms with Gasteiger partial charge in [-0.1, -0.05) is 18.2 Å². The van der Waals surface area contributed by atoms with Crippen molar-refractivity contribution in [2.75, 3.05) is 0 Å². The lowest BCUT2D eigenvalue weighted by molar-refractivity contribution is -0.391. The van der Waals surface area contributed by atoms with E-state index >= 15 is 0 Å². The van der Waals surface area contributed by atoms with Gasteiger partial charge in [0.2, 0.25) is 0 Å². The van der Waals surface area contributed by atoms with Crippen LogP contribution in [-0.4, -0.2) is 23.1 Å². The van der Waals surface area contributed by atoms with Gasteiger partial charge in [-0.25, -0.2) is 0 Å². The summed E-state index contributed by atoms with van der Waals surface area (Å²) in [4.78, 5) is 12.1. The second kappa shape index (κ2) is 7.46. The smallest absolute Gasteiger partial charge is 0.421 e. The predicted molar refractivity (Wildman–Crippen MR) is 87.6 cm³/mol. The first-order valence-electron chi connectivity index (χ1n) is 8.46. The molecule has 1 aliphatic rings. The fraction of sp³-hybridized carbons (Fsp3) is 0.316. The van der Waals surface area contributed by atoms with Gasteiger partial charge < -0.3 is 14.6 Å². The van der Waals surface area contributed by atoms with Crippen LogP contribution in [0.3, 0.4) is 0 Å². The highest BCUT2D eigenvalue weighted by Gasteiger charge is 2.65. The van der Waals surface area contributed by atoms with E-state index in [0.717, 1.165) is 42.5 Å². The van der Waals surface area contributed by atoms with E-state index in [-0.39, 0.29) is 24.0 Å². The topological polar surface area (TPSA) is 55.8 Å². The van der Waals surface area contributed by atoms with Crippen LogP contribution in [-0.2, 0) is 6.18 Å². The van der Waals surface area contributed by atoms with Gasteiger partial charge >= 0.3 is 18.4 Å². The van der Waals surface area contributed by atoms with Crippen molar-refractivity contribution in [3.05, 3.63) is 59.2 Å². The minimum absolute atomic E-state index is 0.000696. The molecule has 0 amide bonds. The number of Topliss-reactive ketones (excluding diaryl/α,β-unsaturated/α-hetero) is 1. The quantitative estimate of drug-likeness (QED) is 0.505. The molecular formula is C19H13F7O4. The summed E-state index contributed by atoms with van der Waals surface area (Å²) in [5, 5.41) is 10.2. The number of carbonyl (C=O) groups excluding carboxylic acids is 1. The number of fused-ring (bicyclic) bond motifs is 1. The van der Waals surface area contributed by atoms with Crippen LogP contribution in [0.1, 0.15) is 40.4 Å². The summed E-state index contributed by atoms with van der Waals surface area (Å²) in [6.45, 7) is 0. The zero-order chi connectivity index (χ0) is 22.3. The number of rotatable bonds is 5. The van der Waals surface area contributed by atoms with Gasteiger partial charge in [-0.2, -0.15) is 30.7 Å². The maximum Gasteiger partial charge on any atom is 0.507 e. The molecule has 4 nitrogen and oxygen atoms in total. The lowest BCUT2D eigenvalue weighted by Gasteiger charge is -2.32. The maximum atomic E-state index is 13.3. The van der Waals surface area contributed by atoms with E-state index in [2.05, 4.69) is 9.47 Å². The molecule has 1 unspecified atom stereocenters. The highest BCUT2D eigenvalue weighted by Crippen LogP contribution is 2.47. The van der Waals surface area contributed by atoms with Crippen LogP contribution in [0.4, 0.5) is 30.7 Å². The average Bonchev–Trinajstić information content (AvgIpc) is 2.65. The number of hydrogen-bond donors (Lipinski definition) is 1. The number of alkyl halides is 7. The minimum Gasteiger partial charge on any atom is -0.421 e. The maximum absolute atomic E-state index is 13.3. The Morgan fingerprint density at radius 3 is 2.07 bits per heavy atom. The third-order valence-corrected chi connectivity index (χ3v) is 4.35. The van der Waals surface area contributed by atoms with E-state index in [0.29, 0.717) is 0 Å². The van der Waals surface area contributed by atoms with E-state index in [4.69, 9.17) is 0 Å². The molecule has 0 spiro atoms. The molecule has 1 atom stereocenters. The summed E-state index contributed by atoms with van der Waals surface area (Å²) in [6.07, 6.45) is -16.2. The third-order valence-electron chi connectivity index (χ3n) is 4.35. The summed E-state index contributed by atoms with van der Waals surface area (Å²) in [5.74, 6) is -1.91. The standard InChI is InChI=1S/C19H13F7O4/c20-17(21,22)12-4-1-10(2-5-12)13(27)6-7-14(28)11-3-8-15-16(9-11)30-19(25,26)18(23,24)29-15/h1-5,8-9,14,28H,6-7H2. The van der Waals surface area contributed by atoms with Gasteiger partial charge in [0.05, 0.1) is 11.7 Å². The number of halogens is 7. The van der Waals surface area contributed by atoms with Gasteiger partial charge in [-0.3, -0.25) is 4.79 Å². The third kappa shape index (κ3) is 4.35. The van der Waals surface area contributed by atoms with Gasteiger partial charge in [0.1, 0.15) is 0 Å². The lowest BCUT2D eigenvalue weighted by Crippen LogP contribution is -2.52. The Kier molecular flexibility index (Phi) is 5.44.